The smallest absolute Gasteiger partial charge is 0.266 e. The lowest BCUT2D eigenvalue weighted by Crippen LogP contribution is -2.14. The van der Waals surface area contributed by atoms with Crippen LogP contribution in [0.5, 0.6) is 5.75 Å². The van der Waals surface area contributed by atoms with E-state index in [9.17, 15) is 17.2 Å². The van der Waals surface area contributed by atoms with E-state index in [-0.39, 0.29) is 0 Å². The minimum Gasteiger partial charge on any atom is -0.505 e. The molecule has 0 amide bonds. The van der Waals surface area contributed by atoms with Gasteiger partial charge >= 0.3 is 0 Å². The van der Waals surface area contributed by atoms with Gasteiger partial charge in [0.2, 0.25) is 5.03 Å². The number of hydrogen-bond acceptors (Lipinski definition) is 4. The molecule has 1 aromatic heterocycles. The molecular weight excluding hydrogens is 254 g/mol. The van der Waals surface area contributed by atoms with E-state index < -0.39 is 37.9 Å². The second-order valence-electron chi connectivity index (χ2n) is 2.54. The van der Waals surface area contributed by atoms with Gasteiger partial charge in [0.05, 0.1) is 5.56 Å². The van der Waals surface area contributed by atoms with Crippen LogP contribution >= 0.6 is 11.6 Å². The Morgan fingerprint density at radius 2 is 2.07 bits per heavy atom. The van der Waals surface area contributed by atoms with Crippen LogP contribution in [0.4, 0.5) is 8.78 Å². The van der Waals surface area contributed by atoms with Gasteiger partial charge in [-0.2, -0.15) is 0 Å². The first-order valence-electron chi connectivity index (χ1n) is 3.44. The molecule has 1 heterocycles. The monoisotopic (exact) mass is 258 g/mol. The van der Waals surface area contributed by atoms with Gasteiger partial charge in [-0.15, -0.1) is 0 Å². The molecule has 15 heavy (non-hydrogen) atoms. The molecule has 0 unspecified atom stereocenters. The van der Waals surface area contributed by atoms with Gasteiger partial charge < -0.3 is 5.11 Å². The van der Waals surface area contributed by atoms with Crippen LogP contribution in [0.15, 0.2) is 11.1 Å². The molecule has 0 atom stereocenters. The lowest BCUT2D eigenvalue weighted by molar-refractivity contribution is 0.150. The minimum atomic E-state index is -4.29. The maximum Gasteiger partial charge on any atom is 0.266 e. The van der Waals surface area contributed by atoms with Gasteiger partial charge in [-0.25, -0.2) is 27.3 Å². The fourth-order valence-electron chi connectivity index (χ4n) is 0.842. The van der Waals surface area contributed by atoms with Crippen LogP contribution in [0.25, 0.3) is 0 Å². The average molecular weight is 259 g/mol. The fraction of sp³-hybridized carbons (Fsp3) is 0.167. The molecular formula is C6H5ClF2N2O3S. The van der Waals surface area contributed by atoms with Crippen molar-refractivity contribution in [2.24, 2.45) is 5.14 Å². The van der Waals surface area contributed by atoms with Crippen molar-refractivity contribution in [2.45, 2.75) is 11.5 Å². The highest BCUT2D eigenvalue weighted by molar-refractivity contribution is 7.89. The first-order chi connectivity index (χ1) is 6.73. The average Bonchev–Trinajstić information content (AvgIpc) is 2.06. The van der Waals surface area contributed by atoms with Gasteiger partial charge in [-0.1, -0.05) is 11.6 Å². The van der Waals surface area contributed by atoms with Gasteiger partial charge in [-0.3, -0.25) is 0 Å². The first-order valence-corrected chi connectivity index (χ1v) is 5.36. The third-order valence-corrected chi connectivity index (χ3v) is 2.60. The van der Waals surface area contributed by atoms with Gasteiger partial charge in [0.25, 0.3) is 16.4 Å². The number of alkyl halides is 2. The van der Waals surface area contributed by atoms with Crippen molar-refractivity contribution in [2.75, 3.05) is 0 Å². The number of nitrogens with two attached hydrogens (primary N) is 1. The van der Waals surface area contributed by atoms with Crippen molar-refractivity contribution in [3.05, 3.63) is 16.8 Å². The van der Waals surface area contributed by atoms with Crippen LogP contribution in [-0.4, -0.2) is 18.5 Å². The molecule has 0 aromatic carbocycles. The predicted molar refractivity (Wildman–Crippen MR) is 47.2 cm³/mol. The molecule has 0 aliphatic heterocycles. The van der Waals surface area contributed by atoms with Crippen molar-refractivity contribution < 1.29 is 22.3 Å². The second kappa shape index (κ2) is 3.87. The summed E-state index contributed by atoms with van der Waals surface area (Å²) >= 11 is 5.28. The normalized spacial score (nSPS) is 12.1. The predicted octanol–water partition coefficient (Wildman–Crippen LogP) is 1.03. The molecule has 0 radical (unpaired) electrons. The largest absolute Gasteiger partial charge is 0.505 e. The van der Waals surface area contributed by atoms with E-state index in [2.05, 4.69) is 10.1 Å². The molecule has 1 rings (SSSR count). The molecule has 0 spiro atoms. The zero-order valence-electron chi connectivity index (χ0n) is 6.99. The summed E-state index contributed by atoms with van der Waals surface area (Å²) in [4.78, 5) is 3.09. The number of sulfonamides is 1. The van der Waals surface area contributed by atoms with E-state index in [1.165, 1.54) is 0 Å². The van der Waals surface area contributed by atoms with Crippen LogP contribution in [0, 0.1) is 0 Å². The number of aromatic nitrogens is 1. The standard InChI is InChI=1S/C6H5ClF2N2O3S/c7-4-2(5(8)9)1-3(12)6(11-4)15(10,13)14/h1,5,12H,(H2,10,13,14). The number of aromatic hydroxyl groups is 1. The summed E-state index contributed by atoms with van der Waals surface area (Å²) < 4.78 is 46.0. The third-order valence-electron chi connectivity index (χ3n) is 1.45. The Balaban J connectivity index is 3.46. The van der Waals surface area contributed by atoms with Gasteiger partial charge in [-0.05, 0) is 6.07 Å². The van der Waals surface area contributed by atoms with E-state index in [0.717, 1.165) is 0 Å². The van der Waals surface area contributed by atoms with E-state index in [4.69, 9.17) is 16.7 Å². The second-order valence-corrected chi connectivity index (χ2v) is 4.37. The number of pyridine rings is 1. The number of primary sulfonamides is 1. The highest BCUT2D eigenvalue weighted by atomic mass is 35.5. The van der Waals surface area contributed by atoms with E-state index in [1.54, 1.807) is 0 Å². The number of hydrogen-bond donors (Lipinski definition) is 2. The summed E-state index contributed by atoms with van der Waals surface area (Å²) in [5.41, 5.74) is -0.762. The highest BCUT2D eigenvalue weighted by Crippen LogP contribution is 2.31. The molecule has 1 aromatic rings. The van der Waals surface area contributed by atoms with Crippen molar-refractivity contribution in [1.82, 2.24) is 4.98 Å². The molecule has 84 valence electrons. The van der Waals surface area contributed by atoms with Crippen molar-refractivity contribution in [1.29, 1.82) is 0 Å². The van der Waals surface area contributed by atoms with Crippen LogP contribution in [-0.2, 0) is 10.0 Å². The summed E-state index contributed by atoms with van der Waals surface area (Å²) in [6.07, 6.45) is -2.97. The maximum atomic E-state index is 12.2. The van der Waals surface area contributed by atoms with Gasteiger partial charge in [0, 0.05) is 0 Å². The minimum absolute atomic E-state index is 0.514. The maximum absolute atomic E-state index is 12.2. The van der Waals surface area contributed by atoms with E-state index in [1.807, 2.05) is 0 Å². The lowest BCUT2D eigenvalue weighted by atomic mass is 10.3. The SMILES string of the molecule is NS(=O)(=O)c1nc(Cl)c(C(F)F)cc1O. The zero-order chi connectivity index (χ0) is 11.8. The molecule has 0 aliphatic rings. The molecule has 0 saturated heterocycles. The van der Waals surface area contributed by atoms with Crippen molar-refractivity contribution in [3.8, 4) is 5.75 Å². The molecule has 0 saturated carbocycles. The Morgan fingerprint density at radius 3 is 2.47 bits per heavy atom. The Kier molecular flexibility index (Phi) is 3.12. The first kappa shape index (κ1) is 12.1. The number of nitrogens with zero attached hydrogens (tertiary/aromatic N) is 1. The zero-order valence-corrected chi connectivity index (χ0v) is 8.56. The van der Waals surface area contributed by atoms with Crippen LogP contribution in [0.1, 0.15) is 12.0 Å². The Labute approximate surface area is 88.5 Å². The lowest BCUT2D eigenvalue weighted by Gasteiger charge is -2.06. The summed E-state index contributed by atoms with van der Waals surface area (Å²) in [6.45, 7) is 0. The van der Waals surface area contributed by atoms with Gasteiger partial charge in [0.15, 0.2) is 5.75 Å². The molecule has 3 N–H and O–H groups in total. The summed E-state index contributed by atoms with van der Waals surface area (Å²) in [5.74, 6) is -0.961. The van der Waals surface area contributed by atoms with Crippen LogP contribution < -0.4 is 5.14 Å². The summed E-state index contributed by atoms with van der Waals surface area (Å²) in [6, 6.07) is 0.514. The Hall–Kier alpha value is -0.990. The molecule has 0 fully saturated rings. The highest BCUT2D eigenvalue weighted by Gasteiger charge is 2.22. The fourth-order valence-corrected chi connectivity index (χ4v) is 1.68. The topological polar surface area (TPSA) is 93.3 Å². The summed E-state index contributed by atoms with van der Waals surface area (Å²) in [7, 11) is -4.29. The Morgan fingerprint density at radius 1 is 1.53 bits per heavy atom. The molecule has 0 bridgehead atoms. The third kappa shape index (κ3) is 2.52. The van der Waals surface area contributed by atoms with Crippen LogP contribution in [0.3, 0.4) is 0 Å². The Bertz CT molecular complexity index is 491. The van der Waals surface area contributed by atoms with E-state index in [0.29, 0.717) is 6.07 Å². The number of rotatable bonds is 2. The van der Waals surface area contributed by atoms with Gasteiger partial charge in [0.1, 0.15) is 5.15 Å². The molecule has 0 aliphatic carbocycles. The number of halogens is 3. The quantitative estimate of drug-likeness (QED) is 0.775. The molecule has 5 nitrogen and oxygen atoms in total. The molecule has 9 heteroatoms. The summed E-state index contributed by atoms with van der Waals surface area (Å²) in [5, 5.41) is 12.1. The van der Waals surface area contributed by atoms with Crippen molar-refractivity contribution >= 4 is 21.6 Å². The van der Waals surface area contributed by atoms with E-state index >= 15 is 0 Å². The van der Waals surface area contributed by atoms with Crippen LogP contribution in [0.2, 0.25) is 5.15 Å². The van der Waals surface area contributed by atoms with Crippen molar-refractivity contribution in [3.63, 3.8) is 0 Å².